The Bertz CT molecular complexity index is 297. The molecule has 4 atom stereocenters. The van der Waals surface area contributed by atoms with Gasteiger partial charge in [0.25, 0.3) is 0 Å². The van der Waals surface area contributed by atoms with Crippen LogP contribution in [0, 0.1) is 0 Å². The maximum atomic E-state index is 9.71. The molecule has 0 aromatic carbocycles. The first-order valence-electron chi connectivity index (χ1n) is 15.1. The number of unbranched alkanes of at least 4 members (excludes halogenated alkanes) is 1. The molecule has 4 unspecified atom stereocenters. The third kappa shape index (κ3) is 68.4. The van der Waals surface area contributed by atoms with Gasteiger partial charge in [0.15, 0.2) is 6.29 Å². The van der Waals surface area contributed by atoms with E-state index in [9.17, 15) is 10.2 Å². The number of ether oxygens (including phenoxy) is 4. The van der Waals surface area contributed by atoms with E-state index in [-0.39, 0.29) is 12.7 Å². The Morgan fingerprint density at radius 3 is 1.37 bits per heavy atom. The van der Waals surface area contributed by atoms with E-state index in [2.05, 4.69) is 25.5 Å². The van der Waals surface area contributed by atoms with Crippen LogP contribution < -0.4 is 0 Å². The highest BCUT2D eigenvalue weighted by atomic mass is 16.7. The second-order valence-electron chi connectivity index (χ2n) is 7.25. The lowest BCUT2D eigenvalue weighted by Gasteiger charge is -2.32. The molecule has 1 aliphatic rings. The Kier molecular flexibility index (Phi) is 105. The summed E-state index contributed by atoms with van der Waals surface area (Å²) in [6, 6.07) is 0. The van der Waals surface area contributed by atoms with Crippen LogP contribution >= 0.6 is 0 Å². The van der Waals surface area contributed by atoms with Crippen LogP contribution in [-0.4, -0.2) is 128 Å². The van der Waals surface area contributed by atoms with Gasteiger partial charge in [-0.1, -0.05) is 54.4 Å². The van der Waals surface area contributed by atoms with Gasteiger partial charge in [-0.15, -0.1) is 0 Å². The first kappa shape index (κ1) is 59.9. The molecule has 0 saturated carbocycles. The summed E-state index contributed by atoms with van der Waals surface area (Å²) in [5.41, 5.74) is 0. The number of rotatable bonds is 9. The third-order valence-electron chi connectivity index (χ3n) is 4.13. The van der Waals surface area contributed by atoms with E-state index in [0.29, 0.717) is 26.1 Å². The lowest BCUT2D eigenvalue weighted by Crippen LogP contribution is -2.45. The Balaban J connectivity index is -0.0000000586. The fourth-order valence-corrected chi connectivity index (χ4v) is 1.97. The Labute approximate surface area is 254 Å². The number of hydrogen-bond donors (Lipinski definition) is 7. The molecule has 0 radical (unpaired) electrons. The maximum Gasteiger partial charge on any atom is 0.186 e. The Morgan fingerprint density at radius 2 is 1.12 bits per heavy atom. The van der Waals surface area contributed by atoms with Gasteiger partial charge >= 0.3 is 0 Å². The molecule has 7 N–H and O–H groups in total. The highest BCUT2D eigenvalue weighted by Crippen LogP contribution is 2.19. The van der Waals surface area contributed by atoms with Crippen molar-refractivity contribution in [3.63, 3.8) is 0 Å². The number of aliphatic hydroxyl groups is 7. The van der Waals surface area contributed by atoms with Crippen LogP contribution in [-0.2, 0) is 18.9 Å². The van der Waals surface area contributed by atoms with Gasteiger partial charge in [0.1, 0.15) is 6.10 Å². The zero-order chi connectivity index (χ0) is 34.3. The molecule has 0 amide bonds. The SMILES string of the molecule is CC.CCCC.CCCO.CCCOCC.CCOC.CCOC1OC(CO)CCCC(O)C1O.CO.CO.CO. The molecule has 41 heavy (non-hydrogen) atoms. The number of hydrogen-bond acceptors (Lipinski definition) is 11. The maximum absolute atomic E-state index is 9.71. The van der Waals surface area contributed by atoms with Gasteiger partial charge in [-0.25, -0.2) is 0 Å². The summed E-state index contributed by atoms with van der Waals surface area (Å²) < 4.78 is 20.1. The van der Waals surface area contributed by atoms with E-state index < -0.39 is 18.5 Å². The minimum Gasteiger partial charge on any atom is -0.400 e. The summed E-state index contributed by atoms with van der Waals surface area (Å²) in [7, 11) is 4.68. The van der Waals surface area contributed by atoms with Gasteiger partial charge in [0.2, 0.25) is 0 Å². The second kappa shape index (κ2) is 72.1. The summed E-state index contributed by atoms with van der Waals surface area (Å²) in [6.45, 7) is 21.4. The molecule has 0 aromatic rings. The number of methoxy groups -OCH3 is 1. The first-order chi connectivity index (χ1) is 19.8. The predicted molar refractivity (Wildman–Crippen MR) is 171 cm³/mol. The van der Waals surface area contributed by atoms with Crippen LogP contribution in [0.2, 0.25) is 0 Å². The van der Waals surface area contributed by atoms with E-state index in [0.717, 1.165) is 60.4 Å². The van der Waals surface area contributed by atoms with Gasteiger partial charge in [0.05, 0.1) is 18.8 Å². The summed E-state index contributed by atoms with van der Waals surface area (Å²) in [5.74, 6) is 0. The molecule has 0 spiro atoms. The molecule has 262 valence electrons. The summed E-state index contributed by atoms with van der Waals surface area (Å²) >= 11 is 0. The third-order valence-corrected chi connectivity index (χ3v) is 4.13. The predicted octanol–water partition coefficient (Wildman–Crippen LogP) is 3.76. The molecule has 1 fully saturated rings. The highest BCUT2D eigenvalue weighted by molar-refractivity contribution is 4.76. The van der Waals surface area contributed by atoms with Crippen LogP contribution in [0.5, 0.6) is 0 Å². The molecule has 0 bridgehead atoms. The lowest BCUT2D eigenvalue weighted by atomic mass is 10.0. The molecule has 1 rings (SSSR count). The summed E-state index contributed by atoms with van der Waals surface area (Å²) in [6.07, 6.45) is 3.52. The molecule has 1 saturated heterocycles. The fraction of sp³-hybridized carbons (Fsp3) is 1.00. The summed E-state index contributed by atoms with van der Waals surface area (Å²) in [5, 5.41) is 57.2. The van der Waals surface area contributed by atoms with Gasteiger partial charge in [-0.2, -0.15) is 0 Å². The van der Waals surface area contributed by atoms with Gasteiger partial charge in [0, 0.05) is 61.5 Å². The van der Waals surface area contributed by atoms with Gasteiger partial charge in [-0.3, -0.25) is 0 Å². The van der Waals surface area contributed by atoms with Crippen molar-refractivity contribution in [1.82, 2.24) is 0 Å². The van der Waals surface area contributed by atoms with E-state index in [1.54, 1.807) is 14.0 Å². The highest BCUT2D eigenvalue weighted by Gasteiger charge is 2.31. The molecule has 11 nitrogen and oxygen atoms in total. The molecule has 11 heteroatoms. The molecule has 1 heterocycles. The molecule has 1 aliphatic heterocycles. The molecular formula is C30H76O11. The van der Waals surface area contributed by atoms with Crippen LogP contribution in [0.4, 0.5) is 0 Å². The van der Waals surface area contributed by atoms with Crippen molar-refractivity contribution in [1.29, 1.82) is 0 Å². The average Bonchev–Trinajstić information content (AvgIpc) is 3.06. The van der Waals surface area contributed by atoms with Gasteiger partial charge in [-0.05, 0) is 52.9 Å². The van der Waals surface area contributed by atoms with Crippen molar-refractivity contribution in [2.75, 3.05) is 68.1 Å². The van der Waals surface area contributed by atoms with Crippen molar-refractivity contribution < 1.29 is 54.7 Å². The van der Waals surface area contributed by atoms with Crippen LogP contribution in [0.1, 0.15) is 107 Å². The fourth-order valence-electron chi connectivity index (χ4n) is 1.97. The lowest BCUT2D eigenvalue weighted by molar-refractivity contribution is -0.244. The number of aliphatic hydroxyl groups excluding tert-OH is 7. The largest absolute Gasteiger partial charge is 0.400 e. The monoisotopic (exact) mass is 613 g/mol. The van der Waals surface area contributed by atoms with Gasteiger partial charge < -0.3 is 54.7 Å². The van der Waals surface area contributed by atoms with E-state index in [1.165, 1.54) is 12.8 Å². The van der Waals surface area contributed by atoms with E-state index in [1.807, 2.05) is 34.6 Å². The topological polar surface area (TPSA) is 179 Å². The minimum atomic E-state index is -1.04. The zero-order valence-corrected chi connectivity index (χ0v) is 29.3. The summed E-state index contributed by atoms with van der Waals surface area (Å²) in [4.78, 5) is 0. The van der Waals surface area contributed by atoms with Crippen LogP contribution in [0.3, 0.4) is 0 Å². The van der Waals surface area contributed by atoms with Crippen molar-refractivity contribution in [3.05, 3.63) is 0 Å². The molecule has 0 aliphatic carbocycles. The standard InChI is InChI=1S/C10H20O5.C5H12O.C4H10.2C3H8O.C2H6.3CH4O/c1-2-14-10-9(13)8(12)5-3-4-7(6-11)15-10;1-3-5-6-4-2;2*1-3-4-2;1-2-3-4;4*1-2/h7-13H,2-6H2,1H3;3-5H2,1-2H3;3-4H2,1-2H3;3H2,1-2H3;4H,2-3H2,1H3;1-2H3;3*2H,1H3. The average molecular weight is 613 g/mol. The van der Waals surface area contributed by atoms with Crippen molar-refractivity contribution in [3.8, 4) is 0 Å². The van der Waals surface area contributed by atoms with E-state index in [4.69, 9.17) is 39.7 Å². The zero-order valence-electron chi connectivity index (χ0n) is 29.3. The smallest absolute Gasteiger partial charge is 0.186 e. The quantitative estimate of drug-likeness (QED) is 0.189. The first-order valence-corrected chi connectivity index (χ1v) is 15.1. The van der Waals surface area contributed by atoms with Crippen LogP contribution in [0.15, 0.2) is 0 Å². The van der Waals surface area contributed by atoms with Crippen molar-refractivity contribution in [2.45, 2.75) is 132 Å². The Hall–Kier alpha value is -0.440. The van der Waals surface area contributed by atoms with Crippen LogP contribution in [0.25, 0.3) is 0 Å². The van der Waals surface area contributed by atoms with Crippen molar-refractivity contribution >= 4 is 0 Å². The molecular weight excluding hydrogens is 536 g/mol. The Morgan fingerprint density at radius 1 is 0.683 bits per heavy atom. The second-order valence-corrected chi connectivity index (χ2v) is 7.25. The van der Waals surface area contributed by atoms with E-state index >= 15 is 0 Å². The van der Waals surface area contributed by atoms with Crippen molar-refractivity contribution in [2.24, 2.45) is 0 Å². The minimum absolute atomic E-state index is 0.0909. The molecule has 0 aromatic heterocycles. The normalized spacial score (nSPS) is 18.1.